The summed E-state index contributed by atoms with van der Waals surface area (Å²) in [5.74, 6) is 0.545. The van der Waals surface area contributed by atoms with Gasteiger partial charge in [0, 0.05) is 36.7 Å². The Labute approximate surface area is 188 Å². The van der Waals surface area contributed by atoms with Crippen LogP contribution in [0.4, 0.5) is 19.0 Å². The van der Waals surface area contributed by atoms with Crippen molar-refractivity contribution in [2.75, 3.05) is 11.9 Å². The third-order valence-electron chi connectivity index (χ3n) is 6.45. The minimum atomic E-state index is -4.42. The van der Waals surface area contributed by atoms with Gasteiger partial charge >= 0.3 is 6.18 Å². The van der Waals surface area contributed by atoms with Crippen LogP contribution in [0.1, 0.15) is 34.5 Å². The molecule has 2 bridgehead atoms. The van der Waals surface area contributed by atoms with E-state index in [1.54, 1.807) is 12.4 Å². The van der Waals surface area contributed by atoms with E-state index in [-0.39, 0.29) is 18.0 Å². The quantitative estimate of drug-likeness (QED) is 0.626. The van der Waals surface area contributed by atoms with Gasteiger partial charge in [0.15, 0.2) is 0 Å². The third kappa shape index (κ3) is 4.03. The molecule has 1 aliphatic carbocycles. The summed E-state index contributed by atoms with van der Waals surface area (Å²) >= 11 is 0. The van der Waals surface area contributed by atoms with Crippen molar-refractivity contribution in [1.82, 2.24) is 19.9 Å². The minimum Gasteiger partial charge on any atom is -0.365 e. The summed E-state index contributed by atoms with van der Waals surface area (Å²) in [5.41, 5.74) is 1.91. The second kappa shape index (κ2) is 8.13. The maximum absolute atomic E-state index is 13.6. The number of likely N-dealkylation sites (tertiary alicyclic amines) is 1. The molecule has 3 atom stereocenters. The van der Waals surface area contributed by atoms with E-state index in [2.05, 4.69) is 20.3 Å². The van der Waals surface area contributed by atoms with Crippen LogP contribution in [0.15, 0.2) is 55.0 Å². The average Bonchev–Trinajstić information content (AvgIpc) is 3.39. The highest BCUT2D eigenvalue weighted by Crippen LogP contribution is 2.40. The molecule has 3 aromatic heterocycles. The Morgan fingerprint density at radius 1 is 1.06 bits per heavy atom. The molecule has 170 valence electrons. The van der Waals surface area contributed by atoms with E-state index >= 15 is 0 Å². The fourth-order valence-corrected chi connectivity index (χ4v) is 4.94. The first-order valence-electron chi connectivity index (χ1n) is 10.8. The van der Waals surface area contributed by atoms with E-state index in [1.165, 1.54) is 6.07 Å². The van der Waals surface area contributed by atoms with Gasteiger partial charge in [0.25, 0.3) is 5.91 Å². The van der Waals surface area contributed by atoms with Crippen molar-refractivity contribution < 1.29 is 18.0 Å². The Kier molecular flexibility index (Phi) is 5.26. The zero-order valence-corrected chi connectivity index (χ0v) is 17.9. The molecular formula is C24H22F3N5O. The topological polar surface area (TPSA) is 71.0 Å². The summed E-state index contributed by atoms with van der Waals surface area (Å²) in [7, 11) is 0. The number of amides is 1. The lowest BCUT2D eigenvalue weighted by Crippen LogP contribution is -2.48. The average molecular weight is 453 g/mol. The van der Waals surface area contributed by atoms with Crippen LogP contribution in [-0.2, 0) is 6.18 Å². The zero-order chi connectivity index (χ0) is 23.2. The number of hydrogen-bond donors (Lipinski definition) is 1. The smallest absolute Gasteiger partial charge is 0.365 e. The summed E-state index contributed by atoms with van der Waals surface area (Å²) in [5, 5.41) is 3.24. The summed E-state index contributed by atoms with van der Waals surface area (Å²) in [4.78, 5) is 28.2. The predicted molar refractivity (Wildman–Crippen MR) is 116 cm³/mol. The van der Waals surface area contributed by atoms with Gasteiger partial charge < -0.3 is 10.2 Å². The number of anilines is 1. The Hall–Kier alpha value is -3.49. The first kappa shape index (κ1) is 21.4. The molecule has 1 saturated heterocycles. The first-order valence-corrected chi connectivity index (χ1v) is 10.8. The van der Waals surface area contributed by atoms with Crippen molar-refractivity contribution in [2.45, 2.75) is 38.0 Å². The summed E-state index contributed by atoms with van der Waals surface area (Å²) < 4.78 is 38.5. The molecule has 0 spiro atoms. The highest BCUT2D eigenvalue weighted by Gasteiger charge is 2.47. The Bertz CT molecular complexity index is 1170. The van der Waals surface area contributed by atoms with E-state index in [4.69, 9.17) is 0 Å². The number of hydrogen-bond acceptors (Lipinski definition) is 5. The number of carbonyl (C=O) groups is 1. The van der Waals surface area contributed by atoms with Gasteiger partial charge in [-0.1, -0.05) is 6.07 Å². The Balaban J connectivity index is 1.38. The molecule has 1 aliphatic heterocycles. The highest BCUT2D eigenvalue weighted by molar-refractivity contribution is 5.99. The van der Waals surface area contributed by atoms with E-state index in [1.807, 2.05) is 36.1 Å². The Morgan fingerprint density at radius 3 is 2.58 bits per heavy atom. The maximum atomic E-state index is 13.6. The van der Waals surface area contributed by atoms with Crippen molar-refractivity contribution in [3.63, 3.8) is 0 Å². The molecule has 6 nitrogen and oxygen atoms in total. The number of carbonyl (C=O) groups excluding carboxylic acids is 1. The van der Waals surface area contributed by atoms with Gasteiger partial charge in [-0.2, -0.15) is 13.2 Å². The predicted octanol–water partition coefficient (Wildman–Crippen LogP) is 4.58. The number of aryl methyl sites for hydroxylation is 1. The molecule has 33 heavy (non-hydrogen) atoms. The Morgan fingerprint density at radius 2 is 1.91 bits per heavy atom. The SMILES string of the molecule is Cc1ccnc(C(=O)N2CC3CC(Nc4ccc(C(F)(F)F)cn4)C2C3)c1-c1ccccn1. The van der Waals surface area contributed by atoms with Crippen molar-refractivity contribution in [1.29, 1.82) is 0 Å². The molecule has 5 rings (SSSR count). The normalized spacial score (nSPS) is 21.9. The summed E-state index contributed by atoms with van der Waals surface area (Å²) in [6, 6.07) is 9.60. The molecule has 1 N–H and O–H groups in total. The van der Waals surface area contributed by atoms with E-state index < -0.39 is 11.7 Å². The van der Waals surface area contributed by atoms with Crippen molar-refractivity contribution in [3.8, 4) is 11.3 Å². The van der Waals surface area contributed by atoms with E-state index in [9.17, 15) is 18.0 Å². The van der Waals surface area contributed by atoms with E-state index in [0.29, 0.717) is 29.7 Å². The fourth-order valence-electron chi connectivity index (χ4n) is 4.94. The standard InChI is InChI=1S/C24H22F3N5O/c1-14-7-9-29-22(21(14)17-4-2-3-8-28-17)23(33)32-13-15-10-18(19(32)11-15)31-20-6-5-16(12-30-20)24(25,26)27/h2-9,12,15,18-19H,10-11,13H2,1H3,(H,30,31). The van der Waals surface area contributed by atoms with Crippen LogP contribution in [0.25, 0.3) is 11.3 Å². The molecule has 2 aliphatic rings. The summed E-state index contributed by atoms with van der Waals surface area (Å²) in [6.07, 6.45) is 1.40. The van der Waals surface area contributed by atoms with Crippen LogP contribution >= 0.6 is 0 Å². The zero-order valence-electron chi connectivity index (χ0n) is 17.9. The molecule has 1 amide bonds. The number of fused-ring (bicyclic) bond motifs is 2. The van der Waals surface area contributed by atoms with Gasteiger partial charge in [0.2, 0.25) is 0 Å². The van der Waals surface area contributed by atoms with Crippen LogP contribution < -0.4 is 5.32 Å². The second-order valence-corrected chi connectivity index (χ2v) is 8.61. The van der Waals surface area contributed by atoms with E-state index in [0.717, 1.165) is 36.2 Å². The molecule has 4 heterocycles. The van der Waals surface area contributed by atoms with Crippen LogP contribution in [-0.4, -0.2) is 44.4 Å². The fraction of sp³-hybridized carbons (Fsp3) is 0.333. The summed E-state index contributed by atoms with van der Waals surface area (Å²) in [6.45, 7) is 2.57. The van der Waals surface area contributed by atoms with Crippen molar-refractivity contribution >= 4 is 11.7 Å². The second-order valence-electron chi connectivity index (χ2n) is 8.61. The lowest BCUT2D eigenvalue weighted by molar-refractivity contribution is -0.137. The number of rotatable bonds is 4. The number of aromatic nitrogens is 3. The monoisotopic (exact) mass is 453 g/mol. The molecule has 0 aromatic carbocycles. The number of alkyl halides is 3. The number of nitrogens with one attached hydrogen (secondary N) is 1. The largest absolute Gasteiger partial charge is 0.417 e. The van der Waals surface area contributed by atoms with Gasteiger partial charge in [0.1, 0.15) is 11.5 Å². The van der Waals surface area contributed by atoms with Gasteiger partial charge in [-0.3, -0.25) is 14.8 Å². The number of halogens is 3. The van der Waals surface area contributed by atoms with Crippen LogP contribution in [0.3, 0.4) is 0 Å². The maximum Gasteiger partial charge on any atom is 0.417 e. The first-order chi connectivity index (χ1) is 15.8. The van der Waals surface area contributed by atoms with Gasteiger partial charge in [0.05, 0.1) is 17.3 Å². The van der Waals surface area contributed by atoms with Crippen molar-refractivity contribution in [3.05, 3.63) is 71.8 Å². The van der Waals surface area contributed by atoms with Crippen LogP contribution in [0.5, 0.6) is 0 Å². The molecular weight excluding hydrogens is 431 g/mol. The molecule has 2 fully saturated rings. The number of nitrogens with zero attached hydrogens (tertiary/aromatic N) is 4. The molecule has 3 unspecified atom stereocenters. The molecule has 1 saturated carbocycles. The highest BCUT2D eigenvalue weighted by atomic mass is 19.4. The van der Waals surface area contributed by atoms with Crippen LogP contribution in [0.2, 0.25) is 0 Å². The molecule has 9 heteroatoms. The number of piperidine rings is 1. The third-order valence-corrected chi connectivity index (χ3v) is 6.45. The number of pyridine rings is 3. The molecule has 3 aromatic rings. The van der Waals surface area contributed by atoms with Gasteiger partial charge in [-0.05, 0) is 61.6 Å². The minimum absolute atomic E-state index is 0.0783. The van der Waals surface area contributed by atoms with Crippen molar-refractivity contribution in [2.24, 2.45) is 5.92 Å². The van der Waals surface area contributed by atoms with Gasteiger partial charge in [-0.25, -0.2) is 4.98 Å². The molecule has 0 radical (unpaired) electrons. The lowest BCUT2D eigenvalue weighted by Gasteiger charge is -2.34. The van der Waals surface area contributed by atoms with Crippen LogP contribution in [0, 0.1) is 12.8 Å². The van der Waals surface area contributed by atoms with Gasteiger partial charge in [-0.15, -0.1) is 0 Å². The lowest BCUT2D eigenvalue weighted by atomic mass is 10.0.